The average molecular weight is 387 g/mol. The van der Waals surface area contributed by atoms with E-state index in [9.17, 15) is 14.7 Å². The quantitative estimate of drug-likeness (QED) is 0.766. The van der Waals surface area contributed by atoms with Crippen molar-refractivity contribution < 1.29 is 14.7 Å². The number of nitrogens with one attached hydrogen (secondary N) is 1. The van der Waals surface area contributed by atoms with Crippen LogP contribution < -0.4 is 5.32 Å². The van der Waals surface area contributed by atoms with Crippen molar-refractivity contribution in [1.82, 2.24) is 10.2 Å². The number of hydrogen-bond acceptors (Lipinski definition) is 3. The molecule has 5 nitrogen and oxygen atoms in total. The molecule has 6 heteroatoms. The Hall–Kier alpha value is -2.37. The number of halogens is 1. The van der Waals surface area contributed by atoms with Crippen LogP contribution in [0.4, 0.5) is 0 Å². The molecule has 0 saturated carbocycles. The molecule has 2 aromatic rings. The van der Waals surface area contributed by atoms with Crippen LogP contribution in [0.25, 0.3) is 0 Å². The Balaban J connectivity index is 1.65. The van der Waals surface area contributed by atoms with Gasteiger partial charge in [0.2, 0.25) is 5.91 Å². The first-order valence-electron chi connectivity index (χ1n) is 9.10. The van der Waals surface area contributed by atoms with Crippen molar-refractivity contribution in [2.45, 2.75) is 31.8 Å². The maximum atomic E-state index is 12.6. The zero-order valence-electron chi connectivity index (χ0n) is 15.0. The highest BCUT2D eigenvalue weighted by molar-refractivity contribution is 6.30. The van der Waals surface area contributed by atoms with Crippen molar-refractivity contribution >= 4 is 23.4 Å². The van der Waals surface area contributed by atoms with E-state index >= 15 is 0 Å². The Morgan fingerprint density at radius 1 is 1.15 bits per heavy atom. The van der Waals surface area contributed by atoms with Crippen LogP contribution >= 0.6 is 11.6 Å². The summed E-state index contributed by atoms with van der Waals surface area (Å²) < 4.78 is 0. The van der Waals surface area contributed by atoms with E-state index in [2.05, 4.69) is 5.32 Å². The maximum absolute atomic E-state index is 12.6. The topological polar surface area (TPSA) is 69.6 Å². The lowest BCUT2D eigenvalue weighted by Gasteiger charge is -2.19. The van der Waals surface area contributed by atoms with Crippen LogP contribution in [0.1, 0.15) is 46.8 Å². The molecular formula is C21H23ClN2O3. The van der Waals surface area contributed by atoms with Crippen LogP contribution in [0.5, 0.6) is 0 Å². The Bertz CT molecular complexity index is 790. The minimum absolute atomic E-state index is 0.0314. The number of benzene rings is 2. The molecule has 1 aliphatic rings. The molecule has 1 saturated heterocycles. The first-order valence-corrected chi connectivity index (χ1v) is 9.48. The molecule has 2 aromatic carbocycles. The molecule has 0 radical (unpaired) electrons. The summed E-state index contributed by atoms with van der Waals surface area (Å²) >= 11 is 5.92. The van der Waals surface area contributed by atoms with Crippen LogP contribution in [0, 0.1) is 0 Å². The lowest BCUT2D eigenvalue weighted by atomic mass is 10.0. The molecule has 1 heterocycles. The molecule has 0 aliphatic carbocycles. The van der Waals surface area contributed by atoms with Gasteiger partial charge in [-0.15, -0.1) is 0 Å². The van der Waals surface area contributed by atoms with E-state index in [1.165, 1.54) is 0 Å². The Morgan fingerprint density at radius 2 is 1.85 bits per heavy atom. The fraction of sp³-hybridized carbons (Fsp3) is 0.333. The van der Waals surface area contributed by atoms with Gasteiger partial charge in [-0.2, -0.15) is 0 Å². The predicted molar refractivity (Wildman–Crippen MR) is 104 cm³/mol. The van der Waals surface area contributed by atoms with E-state index < -0.39 is 0 Å². The average Bonchev–Trinajstić information content (AvgIpc) is 3.07. The van der Waals surface area contributed by atoms with Gasteiger partial charge in [0.25, 0.3) is 5.91 Å². The normalized spacial score (nSPS) is 15.0. The summed E-state index contributed by atoms with van der Waals surface area (Å²) in [6.45, 7) is 1.35. The molecule has 27 heavy (non-hydrogen) atoms. The Kier molecular flexibility index (Phi) is 6.48. The maximum Gasteiger partial charge on any atom is 0.251 e. The number of carbonyl (C=O) groups is 2. The van der Waals surface area contributed by atoms with Gasteiger partial charge in [-0.3, -0.25) is 9.59 Å². The van der Waals surface area contributed by atoms with Crippen molar-refractivity contribution in [2.75, 3.05) is 13.2 Å². The number of hydrogen-bond donors (Lipinski definition) is 2. The van der Waals surface area contributed by atoms with Crippen molar-refractivity contribution in [3.05, 3.63) is 70.2 Å². The van der Waals surface area contributed by atoms with Crippen LogP contribution in [0.3, 0.4) is 0 Å². The molecule has 0 aromatic heterocycles. The second-order valence-corrected chi connectivity index (χ2v) is 7.14. The van der Waals surface area contributed by atoms with E-state index in [0.29, 0.717) is 30.0 Å². The zero-order chi connectivity index (χ0) is 19.2. The number of carbonyl (C=O) groups excluding carboxylic acids is 2. The van der Waals surface area contributed by atoms with Gasteiger partial charge < -0.3 is 15.3 Å². The summed E-state index contributed by atoms with van der Waals surface area (Å²) in [7, 11) is 0. The highest BCUT2D eigenvalue weighted by Crippen LogP contribution is 2.20. The molecule has 1 aliphatic heterocycles. The third-order valence-corrected chi connectivity index (χ3v) is 5.01. The molecule has 3 rings (SSSR count). The van der Waals surface area contributed by atoms with Gasteiger partial charge in [-0.05, 0) is 48.2 Å². The second kappa shape index (κ2) is 9.02. The fourth-order valence-electron chi connectivity index (χ4n) is 3.24. The molecule has 1 atom stereocenters. The molecule has 2 N–H and O–H groups in total. The van der Waals surface area contributed by atoms with E-state index in [0.717, 1.165) is 24.1 Å². The number of aliphatic hydroxyl groups excluding tert-OH is 1. The van der Waals surface area contributed by atoms with Gasteiger partial charge in [-0.25, -0.2) is 0 Å². The van der Waals surface area contributed by atoms with Gasteiger partial charge in [0.1, 0.15) is 0 Å². The van der Waals surface area contributed by atoms with Crippen LogP contribution in [0.15, 0.2) is 48.5 Å². The van der Waals surface area contributed by atoms with Gasteiger partial charge in [0, 0.05) is 36.7 Å². The van der Waals surface area contributed by atoms with Crippen molar-refractivity contribution in [3.8, 4) is 0 Å². The summed E-state index contributed by atoms with van der Waals surface area (Å²) in [5, 5.41) is 12.9. The van der Waals surface area contributed by atoms with E-state index in [1.54, 1.807) is 24.3 Å². The SMILES string of the molecule is O=C(NC(CCO)c1ccc(Cl)cc1)c1ccc(CN2CCCC2=O)cc1. The number of nitrogens with zero attached hydrogens (tertiary/aromatic N) is 1. The number of rotatable bonds is 7. The zero-order valence-corrected chi connectivity index (χ0v) is 15.8. The van der Waals surface area contributed by atoms with Crippen LogP contribution in [0.2, 0.25) is 5.02 Å². The first-order chi connectivity index (χ1) is 13.1. The number of likely N-dealkylation sites (tertiary alicyclic amines) is 1. The predicted octanol–water partition coefficient (Wildman–Crippen LogP) is 3.32. The molecule has 0 bridgehead atoms. The first kappa shape index (κ1) is 19.4. The second-order valence-electron chi connectivity index (χ2n) is 6.71. The Morgan fingerprint density at radius 3 is 2.44 bits per heavy atom. The third-order valence-electron chi connectivity index (χ3n) is 4.76. The van der Waals surface area contributed by atoms with Gasteiger partial charge >= 0.3 is 0 Å². The minimum atomic E-state index is -0.290. The van der Waals surface area contributed by atoms with Crippen molar-refractivity contribution in [3.63, 3.8) is 0 Å². The third kappa shape index (κ3) is 5.08. The summed E-state index contributed by atoms with van der Waals surface area (Å²) in [5.74, 6) is -0.0150. The lowest BCUT2D eigenvalue weighted by Crippen LogP contribution is -2.29. The molecule has 1 unspecified atom stereocenters. The summed E-state index contributed by atoms with van der Waals surface area (Å²) in [4.78, 5) is 26.2. The number of amides is 2. The van der Waals surface area contributed by atoms with Gasteiger partial charge in [0.15, 0.2) is 0 Å². The molecular weight excluding hydrogens is 364 g/mol. The number of aliphatic hydroxyl groups is 1. The standard InChI is InChI=1S/C21H23ClN2O3/c22-18-9-7-16(8-10-18)19(11-13-25)23-21(27)17-5-3-15(4-6-17)14-24-12-1-2-20(24)26/h3-10,19,25H,1-2,11-14H2,(H,23,27). The monoisotopic (exact) mass is 386 g/mol. The summed E-state index contributed by atoms with van der Waals surface area (Å²) in [6, 6.07) is 14.2. The summed E-state index contributed by atoms with van der Waals surface area (Å²) in [5.41, 5.74) is 2.45. The van der Waals surface area contributed by atoms with Gasteiger partial charge in [0.05, 0.1) is 6.04 Å². The molecule has 2 amide bonds. The Labute approximate surface area is 163 Å². The smallest absolute Gasteiger partial charge is 0.251 e. The lowest BCUT2D eigenvalue weighted by molar-refractivity contribution is -0.128. The summed E-state index contributed by atoms with van der Waals surface area (Å²) in [6.07, 6.45) is 1.95. The minimum Gasteiger partial charge on any atom is -0.396 e. The highest BCUT2D eigenvalue weighted by atomic mass is 35.5. The van der Waals surface area contributed by atoms with E-state index in [1.807, 2.05) is 29.2 Å². The van der Waals surface area contributed by atoms with Crippen molar-refractivity contribution in [2.24, 2.45) is 0 Å². The highest BCUT2D eigenvalue weighted by Gasteiger charge is 2.20. The van der Waals surface area contributed by atoms with E-state index in [-0.39, 0.29) is 24.5 Å². The van der Waals surface area contributed by atoms with E-state index in [4.69, 9.17) is 11.6 Å². The molecule has 0 spiro atoms. The van der Waals surface area contributed by atoms with Gasteiger partial charge in [-0.1, -0.05) is 35.9 Å². The largest absolute Gasteiger partial charge is 0.396 e. The molecule has 1 fully saturated rings. The fourth-order valence-corrected chi connectivity index (χ4v) is 3.37. The molecule has 142 valence electrons. The van der Waals surface area contributed by atoms with Crippen LogP contribution in [-0.2, 0) is 11.3 Å². The van der Waals surface area contributed by atoms with Crippen molar-refractivity contribution in [1.29, 1.82) is 0 Å². The van der Waals surface area contributed by atoms with Crippen LogP contribution in [-0.4, -0.2) is 35.0 Å².